The first-order valence-corrected chi connectivity index (χ1v) is 6.85. The summed E-state index contributed by atoms with van der Waals surface area (Å²) in [6.07, 6.45) is 2.86. The number of nitrogens with one attached hydrogen (secondary N) is 1. The van der Waals surface area contributed by atoms with Crippen LogP contribution in [0.2, 0.25) is 0 Å². The van der Waals surface area contributed by atoms with Crippen molar-refractivity contribution in [1.29, 1.82) is 0 Å². The quantitative estimate of drug-likeness (QED) is 0.610. The lowest BCUT2D eigenvalue weighted by molar-refractivity contribution is 0.636. The normalized spacial score (nSPS) is 12.5. The first-order valence-electron chi connectivity index (χ1n) is 5.87. The Morgan fingerprint density at radius 1 is 1.38 bits per heavy atom. The van der Waals surface area contributed by atoms with Crippen LogP contribution in [-0.4, -0.2) is 22.3 Å². The number of hydrogen-bond acceptors (Lipinski definition) is 4. The maximum Gasteiger partial charge on any atom is 0.133 e. The highest BCUT2D eigenvalue weighted by Gasteiger charge is 2.08. The molecule has 0 aliphatic carbocycles. The van der Waals surface area contributed by atoms with Crippen LogP contribution in [0, 0.1) is 12.8 Å². The Kier molecular flexibility index (Phi) is 5.60. The molecule has 16 heavy (non-hydrogen) atoms. The number of rotatable bonds is 6. The molecule has 0 aliphatic rings. The van der Waals surface area contributed by atoms with Gasteiger partial charge in [-0.05, 0) is 19.8 Å². The smallest absolute Gasteiger partial charge is 0.133 e. The number of thioether (sulfide) groups is 1. The van der Waals surface area contributed by atoms with Gasteiger partial charge < -0.3 is 5.32 Å². The van der Waals surface area contributed by atoms with E-state index in [1.165, 1.54) is 6.42 Å². The average Bonchev–Trinajstić information content (AvgIpc) is 2.30. The van der Waals surface area contributed by atoms with Crippen molar-refractivity contribution in [3.05, 3.63) is 11.9 Å². The van der Waals surface area contributed by atoms with Crippen LogP contribution in [0.25, 0.3) is 0 Å². The van der Waals surface area contributed by atoms with Gasteiger partial charge in [0.1, 0.15) is 17.2 Å². The maximum atomic E-state index is 4.34. The highest BCUT2D eigenvalue weighted by atomic mass is 32.2. The number of nitrogens with zero attached hydrogens (tertiary/aromatic N) is 2. The Morgan fingerprint density at radius 2 is 2.12 bits per heavy atom. The van der Waals surface area contributed by atoms with E-state index in [2.05, 4.69) is 43.0 Å². The molecule has 1 aromatic rings. The molecular formula is C12H21N3S. The molecule has 1 rings (SSSR count). The van der Waals surface area contributed by atoms with E-state index in [1.54, 1.807) is 6.33 Å². The van der Waals surface area contributed by atoms with Crippen molar-refractivity contribution in [2.24, 2.45) is 5.92 Å². The van der Waals surface area contributed by atoms with Crippen LogP contribution in [0.3, 0.4) is 0 Å². The minimum Gasteiger partial charge on any atom is -0.370 e. The second-order valence-electron chi connectivity index (χ2n) is 4.01. The molecule has 0 saturated carbocycles. The zero-order chi connectivity index (χ0) is 12.0. The number of aromatic nitrogens is 2. The van der Waals surface area contributed by atoms with Gasteiger partial charge >= 0.3 is 0 Å². The van der Waals surface area contributed by atoms with E-state index in [0.29, 0.717) is 0 Å². The van der Waals surface area contributed by atoms with Crippen LogP contribution in [0.5, 0.6) is 0 Å². The first-order chi connectivity index (χ1) is 7.69. The molecule has 0 amide bonds. The van der Waals surface area contributed by atoms with Gasteiger partial charge in [0.2, 0.25) is 0 Å². The second kappa shape index (κ2) is 6.74. The first kappa shape index (κ1) is 13.3. The van der Waals surface area contributed by atoms with E-state index in [9.17, 15) is 0 Å². The van der Waals surface area contributed by atoms with Gasteiger partial charge in [-0.3, -0.25) is 0 Å². The largest absolute Gasteiger partial charge is 0.370 e. The zero-order valence-electron chi connectivity index (χ0n) is 10.6. The van der Waals surface area contributed by atoms with Crippen molar-refractivity contribution in [1.82, 2.24) is 9.97 Å². The summed E-state index contributed by atoms with van der Waals surface area (Å²) in [6.45, 7) is 9.55. The summed E-state index contributed by atoms with van der Waals surface area (Å²) in [4.78, 5) is 8.58. The summed E-state index contributed by atoms with van der Waals surface area (Å²) in [5.41, 5.74) is 1.16. The Hall–Kier alpha value is -0.770. The van der Waals surface area contributed by atoms with Gasteiger partial charge in [-0.15, -0.1) is 11.8 Å². The van der Waals surface area contributed by atoms with E-state index in [1.807, 2.05) is 11.8 Å². The van der Waals surface area contributed by atoms with Gasteiger partial charge in [-0.2, -0.15) is 0 Å². The molecule has 4 heteroatoms. The summed E-state index contributed by atoms with van der Waals surface area (Å²) in [5.74, 6) is 2.83. The molecule has 0 fully saturated rings. The van der Waals surface area contributed by atoms with Crippen molar-refractivity contribution in [3.8, 4) is 0 Å². The minimum atomic E-state index is 0.738. The number of hydrogen-bond donors (Lipinski definition) is 1. The minimum absolute atomic E-state index is 0.738. The zero-order valence-corrected chi connectivity index (χ0v) is 11.4. The SMILES string of the molecule is CCNc1ncnc(SCC(C)CC)c1C. The molecule has 1 atom stereocenters. The monoisotopic (exact) mass is 239 g/mol. The Bertz CT molecular complexity index is 328. The fourth-order valence-electron chi connectivity index (χ4n) is 1.26. The van der Waals surface area contributed by atoms with Crippen LogP contribution >= 0.6 is 11.8 Å². The molecule has 1 heterocycles. The molecular weight excluding hydrogens is 218 g/mol. The summed E-state index contributed by atoms with van der Waals surface area (Å²) in [6, 6.07) is 0. The highest BCUT2D eigenvalue weighted by molar-refractivity contribution is 7.99. The Balaban J connectivity index is 2.69. The lowest BCUT2D eigenvalue weighted by Crippen LogP contribution is -2.04. The van der Waals surface area contributed by atoms with Gasteiger partial charge in [0, 0.05) is 17.9 Å². The lowest BCUT2D eigenvalue weighted by atomic mass is 10.2. The standard InChI is InChI=1S/C12H21N3S/c1-5-9(3)7-16-12-10(4)11(13-6-2)14-8-15-12/h8-9H,5-7H2,1-4H3,(H,13,14,15). The van der Waals surface area contributed by atoms with Crippen molar-refractivity contribution in [3.63, 3.8) is 0 Å². The van der Waals surface area contributed by atoms with Gasteiger partial charge in [0.15, 0.2) is 0 Å². The fourth-order valence-corrected chi connectivity index (χ4v) is 2.38. The van der Waals surface area contributed by atoms with E-state index < -0.39 is 0 Å². The van der Waals surface area contributed by atoms with Crippen molar-refractivity contribution in [2.45, 2.75) is 39.1 Å². The molecule has 0 radical (unpaired) electrons. The topological polar surface area (TPSA) is 37.8 Å². The van der Waals surface area contributed by atoms with Crippen LogP contribution in [-0.2, 0) is 0 Å². The molecule has 1 N–H and O–H groups in total. The molecule has 90 valence electrons. The summed E-state index contributed by atoms with van der Waals surface area (Å²) >= 11 is 1.83. The third-order valence-electron chi connectivity index (χ3n) is 2.58. The van der Waals surface area contributed by atoms with Crippen LogP contribution in [0.4, 0.5) is 5.82 Å². The van der Waals surface area contributed by atoms with Gasteiger partial charge in [-0.1, -0.05) is 20.3 Å². The number of anilines is 1. The van der Waals surface area contributed by atoms with E-state index in [-0.39, 0.29) is 0 Å². The average molecular weight is 239 g/mol. The van der Waals surface area contributed by atoms with Crippen molar-refractivity contribution in [2.75, 3.05) is 17.6 Å². The van der Waals surface area contributed by atoms with E-state index in [0.717, 1.165) is 34.6 Å². The summed E-state index contributed by atoms with van der Waals surface area (Å²) in [7, 11) is 0. The third kappa shape index (κ3) is 3.67. The van der Waals surface area contributed by atoms with Crippen LogP contribution in [0.1, 0.15) is 32.8 Å². The lowest BCUT2D eigenvalue weighted by Gasteiger charge is -2.11. The Morgan fingerprint density at radius 3 is 2.75 bits per heavy atom. The Labute approximate surface area is 102 Å². The molecule has 0 bridgehead atoms. The fraction of sp³-hybridized carbons (Fsp3) is 0.667. The molecule has 0 aliphatic heterocycles. The van der Waals surface area contributed by atoms with Gasteiger partial charge in [0.25, 0.3) is 0 Å². The molecule has 3 nitrogen and oxygen atoms in total. The highest BCUT2D eigenvalue weighted by Crippen LogP contribution is 2.25. The van der Waals surface area contributed by atoms with Crippen LogP contribution < -0.4 is 5.32 Å². The van der Waals surface area contributed by atoms with Crippen LogP contribution in [0.15, 0.2) is 11.4 Å². The van der Waals surface area contributed by atoms with E-state index >= 15 is 0 Å². The molecule has 0 spiro atoms. The van der Waals surface area contributed by atoms with Gasteiger partial charge in [-0.25, -0.2) is 9.97 Å². The summed E-state index contributed by atoms with van der Waals surface area (Å²) < 4.78 is 0. The third-order valence-corrected chi connectivity index (χ3v) is 4.00. The maximum absolute atomic E-state index is 4.34. The van der Waals surface area contributed by atoms with Gasteiger partial charge in [0.05, 0.1) is 0 Å². The van der Waals surface area contributed by atoms with Crippen molar-refractivity contribution >= 4 is 17.6 Å². The predicted octanol–water partition coefficient (Wildman–Crippen LogP) is 3.36. The second-order valence-corrected chi connectivity index (χ2v) is 5.02. The summed E-state index contributed by atoms with van der Waals surface area (Å²) in [5, 5.41) is 4.36. The molecule has 0 saturated heterocycles. The molecule has 1 aromatic heterocycles. The predicted molar refractivity (Wildman–Crippen MR) is 71.1 cm³/mol. The molecule has 0 aromatic carbocycles. The van der Waals surface area contributed by atoms with E-state index in [4.69, 9.17) is 0 Å². The molecule has 1 unspecified atom stereocenters. The van der Waals surface area contributed by atoms with Crippen molar-refractivity contribution < 1.29 is 0 Å².